The van der Waals surface area contributed by atoms with Crippen LogP contribution in [0.25, 0.3) is 0 Å². The summed E-state index contributed by atoms with van der Waals surface area (Å²) in [5, 5.41) is 11.7. The van der Waals surface area contributed by atoms with E-state index in [0.29, 0.717) is 11.4 Å². The Morgan fingerprint density at radius 1 is 1.45 bits per heavy atom. The van der Waals surface area contributed by atoms with Crippen LogP contribution in [-0.4, -0.2) is 35.3 Å². The molecule has 1 rings (SSSR count). The quantitative estimate of drug-likeness (QED) is 0.386. The molecule has 0 unspecified atom stereocenters. The summed E-state index contributed by atoms with van der Waals surface area (Å²) in [5.74, 6) is -0.259. The molecule has 0 saturated carbocycles. The smallest absolute Gasteiger partial charge is 0.405 e. The Labute approximate surface area is 114 Å². The van der Waals surface area contributed by atoms with Gasteiger partial charge in [-0.1, -0.05) is 5.16 Å². The second kappa shape index (κ2) is 5.98. The first-order chi connectivity index (χ1) is 9.19. The van der Waals surface area contributed by atoms with Gasteiger partial charge in [-0.05, 0) is 26.8 Å². The zero-order valence-electron chi connectivity index (χ0n) is 11.5. The van der Waals surface area contributed by atoms with Crippen LogP contribution in [0.15, 0.2) is 11.2 Å². The Hall–Kier alpha value is -1.99. The molecule has 0 aliphatic carbocycles. The zero-order chi connectivity index (χ0) is 15.5. The van der Waals surface area contributed by atoms with Gasteiger partial charge in [0.25, 0.3) is 0 Å². The highest BCUT2D eigenvalue weighted by Crippen LogP contribution is 2.27. The second-order valence-electron chi connectivity index (χ2n) is 4.36. The molecule has 20 heavy (non-hydrogen) atoms. The SMILES string of the molecule is CCN(CC(F)(F)F)c1cc(C)nc(C)c1/C(N)=N/O. The molecule has 0 fully saturated rings. The van der Waals surface area contributed by atoms with Crippen molar-refractivity contribution in [3.8, 4) is 0 Å². The number of anilines is 1. The number of alkyl halides is 3. The fourth-order valence-electron chi connectivity index (χ4n) is 2.01. The van der Waals surface area contributed by atoms with E-state index in [4.69, 9.17) is 10.9 Å². The third-order valence-corrected chi connectivity index (χ3v) is 2.76. The van der Waals surface area contributed by atoms with Crippen LogP contribution in [-0.2, 0) is 0 Å². The molecule has 8 heteroatoms. The maximum Gasteiger partial charge on any atom is 0.405 e. The summed E-state index contributed by atoms with van der Waals surface area (Å²) in [6, 6.07) is 1.50. The number of amidine groups is 1. The number of aromatic nitrogens is 1. The molecule has 112 valence electrons. The predicted octanol–water partition coefficient (Wildman–Crippen LogP) is 2.18. The molecule has 0 aliphatic rings. The van der Waals surface area contributed by atoms with Crippen LogP contribution < -0.4 is 10.6 Å². The normalized spacial score (nSPS) is 12.6. The predicted molar refractivity (Wildman–Crippen MR) is 70.2 cm³/mol. The van der Waals surface area contributed by atoms with Crippen LogP contribution in [0.4, 0.5) is 18.9 Å². The molecule has 1 heterocycles. The van der Waals surface area contributed by atoms with Crippen molar-refractivity contribution in [2.45, 2.75) is 26.9 Å². The van der Waals surface area contributed by atoms with Crippen molar-refractivity contribution in [2.24, 2.45) is 10.9 Å². The average Bonchev–Trinajstić information content (AvgIpc) is 2.33. The molecule has 0 aromatic carbocycles. The summed E-state index contributed by atoms with van der Waals surface area (Å²) in [6.07, 6.45) is -4.34. The summed E-state index contributed by atoms with van der Waals surface area (Å²) >= 11 is 0. The Kier molecular flexibility index (Phi) is 4.80. The molecule has 0 saturated heterocycles. The van der Waals surface area contributed by atoms with Crippen molar-refractivity contribution < 1.29 is 18.4 Å². The Balaban J connectivity index is 3.40. The third kappa shape index (κ3) is 3.75. The Morgan fingerprint density at radius 2 is 2.05 bits per heavy atom. The maximum atomic E-state index is 12.6. The summed E-state index contributed by atoms with van der Waals surface area (Å²) in [7, 11) is 0. The molecule has 0 spiro atoms. The van der Waals surface area contributed by atoms with Gasteiger partial charge < -0.3 is 15.8 Å². The van der Waals surface area contributed by atoms with Gasteiger partial charge >= 0.3 is 6.18 Å². The minimum absolute atomic E-state index is 0.133. The summed E-state index contributed by atoms with van der Waals surface area (Å²) in [4.78, 5) is 5.26. The van der Waals surface area contributed by atoms with E-state index in [-0.39, 0.29) is 23.6 Å². The molecule has 0 bridgehead atoms. The number of hydrogen-bond donors (Lipinski definition) is 2. The number of rotatable bonds is 4. The molecule has 1 aromatic rings. The number of aryl methyl sites for hydroxylation is 2. The second-order valence-corrected chi connectivity index (χ2v) is 4.36. The van der Waals surface area contributed by atoms with Crippen LogP contribution in [0, 0.1) is 13.8 Å². The van der Waals surface area contributed by atoms with Gasteiger partial charge in [-0.3, -0.25) is 4.98 Å². The van der Waals surface area contributed by atoms with E-state index in [0.717, 1.165) is 4.90 Å². The Bertz CT molecular complexity index is 514. The van der Waals surface area contributed by atoms with Crippen molar-refractivity contribution in [1.82, 2.24) is 4.98 Å². The lowest BCUT2D eigenvalue weighted by molar-refractivity contribution is -0.119. The molecule has 0 atom stereocenters. The first kappa shape index (κ1) is 16.1. The lowest BCUT2D eigenvalue weighted by Gasteiger charge is -2.27. The zero-order valence-corrected chi connectivity index (χ0v) is 11.5. The molecule has 5 nitrogen and oxygen atoms in total. The minimum atomic E-state index is -4.34. The van der Waals surface area contributed by atoms with Gasteiger partial charge in [-0.2, -0.15) is 13.2 Å². The van der Waals surface area contributed by atoms with Crippen molar-refractivity contribution in [2.75, 3.05) is 18.0 Å². The molecular weight excluding hydrogens is 273 g/mol. The summed E-state index contributed by atoms with van der Waals surface area (Å²) < 4.78 is 37.9. The Morgan fingerprint density at radius 3 is 2.50 bits per heavy atom. The van der Waals surface area contributed by atoms with E-state index in [1.165, 1.54) is 6.07 Å². The van der Waals surface area contributed by atoms with Crippen LogP contribution in [0.2, 0.25) is 0 Å². The number of halogens is 3. The number of nitrogens with zero attached hydrogens (tertiary/aromatic N) is 3. The highest BCUT2D eigenvalue weighted by atomic mass is 19.4. The van der Waals surface area contributed by atoms with E-state index in [2.05, 4.69) is 10.1 Å². The lowest BCUT2D eigenvalue weighted by Crippen LogP contribution is -2.36. The van der Waals surface area contributed by atoms with Gasteiger partial charge in [0.15, 0.2) is 5.84 Å². The first-order valence-electron chi connectivity index (χ1n) is 5.97. The monoisotopic (exact) mass is 290 g/mol. The van der Waals surface area contributed by atoms with Crippen LogP contribution in [0.3, 0.4) is 0 Å². The molecule has 0 radical (unpaired) electrons. The minimum Gasteiger partial charge on any atom is -0.409 e. The number of nitrogens with two attached hydrogens (primary N) is 1. The van der Waals surface area contributed by atoms with Crippen molar-refractivity contribution >= 4 is 11.5 Å². The van der Waals surface area contributed by atoms with Gasteiger partial charge in [-0.25, -0.2) is 0 Å². The van der Waals surface area contributed by atoms with Gasteiger partial charge in [0.05, 0.1) is 16.9 Å². The average molecular weight is 290 g/mol. The van der Waals surface area contributed by atoms with Crippen molar-refractivity contribution in [1.29, 1.82) is 0 Å². The third-order valence-electron chi connectivity index (χ3n) is 2.76. The van der Waals surface area contributed by atoms with Gasteiger partial charge in [0, 0.05) is 12.2 Å². The van der Waals surface area contributed by atoms with Gasteiger partial charge in [0.1, 0.15) is 6.54 Å². The van der Waals surface area contributed by atoms with E-state index in [1.807, 2.05) is 0 Å². The van der Waals surface area contributed by atoms with E-state index >= 15 is 0 Å². The number of pyridine rings is 1. The molecule has 0 aliphatic heterocycles. The fourth-order valence-corrected chi connectivity index (χ4v) is 2.01. The van der Waals surface area contributed by atoms with Crippen LogP contribution in [0.1, 0.15) is 23.9 Å². The highest BCUT2D eigenvalue weighted by molar-refractivity contribution is 6.03. The fraction of sp³-hybridized carbons (Fsp3) is 0.500. The maximum absolute atomic E-state index is 12.6. The number of hydrogen-bond acceptors (Lipinski definition) is 4. The molecule has 1 aromatic heterocycles. The van der Waals surface area contributed by atoms with Gasteiger partial charge in [0.2, 0.25) is 0 Å². The summed E-state index contributed by atoms with van der Waals surface area (Å²) in [5.41, 5.74) is 7.00. The lowest BCUT2D eigenvalue weighted by atomic mass is 10.1. The molecule has 0 amide bonds. The number of oxime groups is 1. The van der Waals surface area contributed by atoms with Crippen LogP contribution in [0.5, 0.6) is 0 Å². The molecule has 3 N–H and O–H groups in total. The largest absolute Gasteiger partial charge is 0.409 e. The summed E-state index contributed by atoms with van der Waals surface area (Å²) in [6.45, 7) is 3.90. The highest BCUT2D eigenvalue weighted by Gasteiger charge is 2.32. The van der Waals surface area contributed by atoms with E-state index < -0.39 is 12.7 Å². The first-order valence-corrected chi connectivity index (χ1v) is 5.97. The standard InChI is InChI=1S/C12H17F3N4O/c1-4-19(6-12(13,14)15)9-5-7(2)17-8(3)10(9)11(16)18-20/h5,20H,4,6H2,1-3H3,(H2,16,18). The topological polar surface area (TPSA) is 74.7 Å². The van der Waals surface area contributed by atoms with Gasteiger partial charge in [-0.15, -0.1) is 0 Å². The van der Waals surface area contributed by atoms with Crippen molar-refractivity contribution in [3.05, 3.63) is 23.0 Å². The van der Waals surface area contributed by atoms with Crippen LogP contribution >= 0.6 is 0 Å². The van der Waals surface area contributed by atoms with E-state index in [1.54, 1.807) is 20.8 Å². The molecular formula is C12H17F3N4O. The van der Waals surface area contributed by atoms with E-state index in [9.17, 15) is 13.2 Å². The van der Waals surface area contributed by atoms with Crippen molar-refractivity contribution in [3.63, 3.8) is 0 Å².